The maximum absolute atomic E-state index is 12.2. The smallest absolute Gasteiger partial charge is 0.374 e. The van der Waals surface area contributed by atoms with Crippen molar-refractivity contribution >= 4 is 17.4 Å². The van der Waals surface area contributed by atoms with E-state index >= 15 is 0 Å². The van der Waals surface area contributed by atoms with E-state index in [1.54, 1.807) is 38.1 Å². The quantitative estimate of drug-likeness (QED) is 0.574. The number of hydrogen-bond donors (Lipinski definition) is 2. The second kappa shape index (κ2) is 7.90. The average Bonchev–Trinajstić information content (AvgIpc) is 2.58. The van der Waals surface area contributed by atoms with Crippen molar-refractivity contribution in [2.75, 3.05) is 12.5 Å². The van der Waals surface area contributed by atoms with Gasteiger partial charge in [0.2, 0.25) is 5.82 Å². The normalized spacial score (nSPS) is 10.2. The van der Waals surface area contributed by atoms with Crippen molar-refractivity contribution in [1.29, 1.82) is 0 Å². The summed E-state index contributed by atoms with van der Waals surface area (Å²) >= 11 is 0. The van der Waals surface area contributed by atoms with E-state index in [4.69, 9.17) is 9.47 Å². The van der Waals surface area contributed by atoms with Crippen molar-refractivity contribution in [2.24, 2.45) is 0 Å². The summed E-state index contributed by atoms with van der Waals surface area (Å²) in [5, 5.41) is 11.3. The number of nitro groups is 1. The minimum atomic E-state index is -0.685. The number of rotatable bonds is 7. The van der Waals surface area contributed by atoms with Gasteiger partial charge >= 0.3 is 5.69 Å². The molecular weight excluding hydrogens is 330 g/mol. The molecule has 10 heteroatoms. The molecular formula is C15H17N5O5. The number of carbonyl (C=O) groups excluding carboxylic acids is 1. The Labute approximate surface area is 143 Å². The highest BCUT2D eigenvalue weighted by Crippen LogP contribution is 2.31. The Morgan fingerprint density at radius 3 is 2.64 bits per heavy atom. The first-order valence-corrected chi connectivity index (χ1v) is 7.29. The first-order chi connectivity index (χ1) is 11.9. The van der Waals surface area contributed by atoms with Gasteiger partial charge in [0.05, 0.1) is 23.7 Å². The third kappa shape index (κ3) is 4.31. The van der Waals surface area contributed by atoms with Crippen molar-refractivity contribution in [2.45, 2.75) is 20.0 Å². The van der Waals surface area contributed by atoms with E-state index in [0.29, 0.717) is 5.75 Å². The van der Waals surface area contributed by atoms with Gasteiger partial charge < -0.3 is 9.47 Å². The number of benzene rings is 1. The number of aromatic nitrogens is 2. The van der Waals surface area contributed by atoms with Crippen LogP contribution in [0.4, 0.5) is 11.5 Å². The predicted octanol–water partition coefficient (Wildman–Crippen LogP) is 1.94. The first-order valence-electron chi connectivity index (χ1n) is 7.29. The largest absolute Gasteiger partial charge is 0.496 e. The zero-order valence-electron chi connectivity index (χ0n) is 13.8. The van der Waals surface area contributed by atoms with Crippen LogP contribution in [-0.4, -0.2) is 34.0 Å². The number of nitrogens with zero attached hydrogens (tertiary/aromatic N) is 3. The summed E-state index contributed by atoms with van der Waals surface area (Å²) in [7, 11) is 1.43. The fourth-order valence-electron chi connectivity index (χ4n) is 1.94. The summed E-state index contributed by atoms with van der Waals surface area (Å²) in [4.78, 5) is 30.4. The van der Waals surface area contributed by atoms with E-state index < -0.39 is 16.5 Å². The summed E-state index contributed by atoms with van der Waals surface area (Å²) in [6.07, 6.45) is 0.784. The van der Waals surface area contributed by atoms with Crippen LogP contribution in [0.15, 0.2) is 30.6 Å². The average molecular weight is 347 g/mol. The highest BCUT2D eigenvalue weighted by Gasteiger charge is 2.25. The molecule has 132 valence electrons. The van der Waals surface area contributed by atoms with Crippen molar-refractivity contribution in [1.82, 2.24) is 15.4 Å². The SMILES string of the molecule is COc1ccccc1C(=O)NNc1ncnc(OC(C)C)c1[N+](=O)[O-]. The Morgan fingerprint density at radius 2 is 2.00 bits per heavy atom. The van der Waals surface area contributed by atoms with Gasteiger partial charge in [-0.25, -0.2) is 4.98 Å². The van der Waals surface area contributed by atoms with Crippen LogP contribution in [-0.2, 0) is 0 Å². The molecule has 0 atom stereocenters. The molecule has 0 fully saturated rings. The van der Waals surface area contributed by atoms with Crippen molar-refractivity contribution in [3.63, 3.8) is 0 Å². The van der Waals surface area contributed by atoms with Crippen LogP contribution >= 0.6 is 0 Å². The van der Waals surface area contributed by atoms with Crippen LogP contribution in [0.3, 0.4) is 0 Å². The van der Waals surface area contributed by atoms with E-state index in [-0.39, 0.29) is 23.4 Å². The summed E-state index contributed by atoms with van der Waals surface area (Å²) in [6.45, 7) is 3.42. The van der Waals surface area contributed by atoms with Gasteiger partial charge in [-0.15, -0.1) is 0 Å². The second-order valence-corrected chi connectivity index (χ2v) is 5.08. The van der Waals surface area contributed by atoms with E-state index in [2.05, 4.69) is 20.8 Å². The van der Waals surface area contributed by atoms with Gasteiger partial charge in [0.1, 0.15) is 12.1 Å². The predicted molar refractivity (Wildman–Crippen MR) is 88.5 cm³/mol. The van der Waals surface area contributed by atoms with Gasteiger partial charge in [0.15, 0.2) is 0 Å². The van der Waals surface area contributed by atoms with Crippen molar-refractivity contribution in [3.8, 4) is 11.6 Å². The maximum Gasteiger partial charge on any atom is 0.374 e. The molecule has 2 aromatic rings. The van der Waals surface area contributed by atoms with E-state index in [1.165, 1.54) is 7.11 Å². The molecule has 2 rings (SSSR count). The minimum absolute atomic E-state index is 0.191. The number of ether oxygens (including phenoxy) is 2. The lowest BCUT2D eigenvalue weighted by Crippen LogP contribution is -2.30. The minimum Gasteiger partial charge on any atom is -0.496 e. The highest BCUT2D eigenvalue weighted by molar-refractivity contribution is 5.97. The Kier molecular flexibility index (Phi) is 5.66. The summed E-state index contributed by atoms with van der Waals surface area (Å²) in [6, 6.07) is 6.56. The zero-order chi connectivity index (χ0) is 18.4. The first kappa shape index (κ1) is 17.9. The number of nitrogens with one attached hydrogen (secondary N) is 2. The van der Waals surface area contributed by atoms with Gasteiger partial charge in [-0.05, 0) is 26.0 Å². The lowest BCUT2D eigenvalue weighted by Gasteiger charge is -2.12. The number of methoxy groups -OCH3 is 1. The Balaban J connectivity index is 2.23. The summed E-state index contributed by atoms with van der Waals surface area (Å²) in [5.41, 5.74) is 4.56. The highest BCUT2D eigenvalue weighted by atomic mass is 16.6. The molecule has 0 aliphatic heterocycles. The molecule has 1 aromatic heterocycles. The van der Waals surface area contributed by atoms with Crippen LogP contribution in [0.5, 0.6) is 11.6 Å². The van der Waals surface area contributed by atoms with Gasteiger partial charge in [0.25, 0.3) is 11.8 Å². The standard InChI is InChI=1S/C15H17N5O5/c1-9(2)25-15-12(20(22)23)13(16-8-17-15)18-19-14(21)10-6-4-5-7-11(10)24-3/h4-9H,1-3H3,(H,19,21)(H,16,17,18). The van der Waals surface area contributed by atoms with Gasteiger partial charge in [-0.3, -0.25) is 25.8 Å². The molecule has 0 saturated carbocycles. The van der Waals surface area contributed by atoms with Crippen molar-refractivity contribution in [3.05, 3.63) is 46.3 Å². The van der Waals surface area contributed by atoms with Crippen LogP contribution in [0.2, 0.25) is 0 Å². The molecule has 0 spiro atoms. The molecule has 0 aliphatic rings. The molecule has 1 aromatic carbocycles. The van der Waals surface area contributed by atoms with Gasteiger partial charge in [0, 0.05) is 0 Å². The lowest BCUT2D eigenvalue weighted by atomic mass is 10.2. The van der Waals surface area contributed by atoms with Crippen LogP contribution in [0.1, 0.15) is 24.2 Å². The molecule has 1 amide bonds. The van der Waals surface area contributed by atoms with Gasteiger partial charge in [-0.2, -0.15) is 4.98 Å². The van der Waals surface area contributed by atoms with E-state index in [9.17, 15) is 14.9 Å². The molecule has 0 aliphatic carbocycles. The number of hydrogen-bond acceptors (Lipinski definition) is 8. The lowest BCUT2D eigenvalue weighted by molar-refractivity contribution is -0.385. The molecule has 2 N–H and O–H groups in total. The third-order valence-electron chi connectivity index (χ3n) is 2.96. The Bertz CT molecular complexity index is 781. The van der Waals surface area contributed by atoms with Gasteiger partial charge in [-0.1, -0.05) is 12.1 Å². The Hall–Kier alpha value is -3.43. The molecule has 25 heavy (non-hydrogen) atoms. The fourth-order valence-corrected chi connectivity index (χ4v) is 1.94. The maximum atomic E-state index is 12.2. The van der Waals surface area contributed by atoms with E-state index in [0.717, 1.165) is 6.33 Å². The summed E-state index contributed by atoms with van der Waals surface area (Å²) in [5.74, 6) is -0.567. The van der Waals surface area contributed by atoms with Crippen LogP contribution < -0.4 is 20.3 Å². The fraction of sp³-hybridized carbons (Fsp3) is 0.267. The van der Waals surface area contributed by atoms with Crippen LogP contribution in [0.25, 0.3) is 0 Å². The molecule has 0 bridgehead atoms. The number of carbonyl (C=O) groups is 1. The van der Waals surface area contributed by atoms with Crippen LogP contribution in [0, 0.1) is 10.1 Å². The Morgan fingerprint density at radius 1 is 1.28 bits per heavy atom. The molecule has 0 radical (unpaired) electrons. The monoisotopic (exact) mass is 347 g/mol. The number of anilines is 1. The van der Waals surface area contributed by atoms with E-state index in [1.807, 2.05) is 0 Å². The number of hydrazine groups is 1. The molecule has 0 unspecified atom stereocenters. The zero-order valence-corrected chi connectivity index (χ0v) is 13.8. The summed E-state index contributed by atoms with van der Waals surface area (Å²) < 4.78 is 10.4. The second-order valence-electron chi connectivity index (χ2n) is 5.08. The number of para-hydroxylation sites is 1. The van der Waals surface area contributed by atoms with Crippen molar-refractivity contribution < 1.29 is 19.2 Å². The molecule has 1 heterocycles. The third-order valence-corrected chi connectivity index (χ3v) is 2.96. The molecule has 10 nitrogen and oxygen atoms in total. The topological polar surface area (TPSA) is 129 Å². The number of amides is 1. The molecule has 0 saturated heterocycles.